The number of hydrogen-bond donors (Lipinski definition) is 1. The zero-order chi connectivity index (χ0) is 15.2. The standard InChI is InChI=1S/C17H23N3O/c1-5-11-21-14-9-7-13(8-10-14)17-19-15(6-2)12(3)16(18-4)20-17/h7-10H,5-6,11H2,1-4H3,(H,18,19,20). The van der Waals surface area contributed by atoms with E-state index in [-0.39, 0.29) is 0 Å². The van der Waals surface area contributed by atoms with Crippen LogP contribution in [0.25, 0.3) is 11.4 Å². The van der Waals surface area contributed by atoms with Gasteiger partial charge in [0.1, 0.15) is 11.6 Å². The van der Waals surface area contributed by atoms with Gasteiger partial charge in [-0.25, -0.2) is 9.97 Å². The summed E-state index contributed by atoms with van der Waals surface area (Å²) >= 11 is 0. The second-order valence-corrected chi connectivity index (χ2v) is 4.94. The predicted molar refractivity (Wildman–Crippen MR) is 86.9 cm³/mol. The number of nitrogens with zero attached hydrogens (tertiary/aromatic N) is 2. The summed E-state index contributed by atoms with van der Waals surface area (Å²) in [5.41, 5.74) is 3.20. The summed E-state index contributed by atoms with van der Waals surface area (Å²) < 4.78 is 5.60. The van der Waals surface area contributed by atoms with Crippen molar-refractivity contribution in [3.63, 3.8) is 0 Å². The number of hydrogen-bond acceptors (Lipinski definition) is 4. The number of nitrogens with one attached hydrogen (secondary N) is 1. The fourth-order valence-electron chi connectivity index (χ4n) is 2.20. The molecule has 0 saturated carbocycles. The second kappa shape index (κ2) is 7.07. The normalized spacial score (nSPS) is 10.5. The molecule has 0 fully saturated rings. The number of benzene rings is 1. The Morgan fingerprint density at radius 2 is 1.81 bits per heavy atom. The van der Waals surface area contributed by atoms with Crippen LogP contribution in [-0.4, -0.2) is 23.6 Å². The molecule has 0 aliphatic rings. The van der Waals surface area contributed by atoms with Gasteiger partial charge >= 0.3 is 0 Å². The maximum absolute atomic E-state index is 5.60. The topological polar surface area (TPSA) is 47.0 Å². The third-order valence-corrected chi connectivity index (χ3v) is 3.40. The molecule has 0 atom stereocenters. The molecular formula is C17H23N3O. The molecule has 1 aromatic heterocycles. The van der Waals surface area contributed by atoms with E-state index in [2.05, 4.69) is 36.1 Å². The van der Waals surface area contributed by atoms with E-state index in [1.165, 1.54) is 0 Å². The van der Waals surface area contributed by atoms with E-state index in [1.807, 2.05) is 31.3 Å². The zero-order valence-electron chi connectivity index (χ0n) is 13.2. The number of rotatable bonds is 6. The minimum atomic E-state index is 0.740. The van der Waals surface area contributed by atoms with Crippen molar-refractivity contribution in [3.8, 4) is 17.1 Å². The first-order chi connectivity index (χ1) is 10.2. The fourth-order valence-corrected chi connectivity index (χ4v) is 2.20. The number of ether oxygens (including phenoxy) is 1. The first kappa shape index (κ1) is 15.3. The smallest absolute Gasteiger partial charge is 0.161 e. The predicted octanol–water partition coefficient (Wildman–Crippen LogP) is 3.84. The molecular weight excluding hydrogens is 262 g/mol. The third-order valence-electron chi connectivity index (χ3n) is 3.40. The van der Waals surface area contributed by atoms with Crippen molar-refractivity contribution in [1.29, 1.82) is 0 Å². The van der Waals surface area contributed by atoms with Gasteiger partial charge in [0.15, 0.2) is 5.82 Å². The maximum atomic E-state index is 5.60. The van der Waals surface area contributed by atoms with Gasteiger partial charge in [-0.15, -0.1) is 0 Å². The molecule has 1 N–H and O–H groups in total. The van der Waals surface area contributed by atoms with Gasteiger partial charge in [-0.1, -0.05) is 13.8 Å². The molecule has 0 saturated heterocycles. The Labute approximate surface area is 126 Å². The Balaban J connectivity index is 2.33. The maximum Gasteiger partial charge on any atom is 0.161 e. The number of aromatic nitrogens is 2. The van der Waals surface area contributed by atoms with Gasteiger partial charge in [0.25, 0.3) is 0 Å². The van der Waals surface area contributed by atoms with Crippen molar-refractivity contribution in [1.82, 2.24) is 9.97 Å². The van der Waals surface area contributed by atoms with Crippen LogP contribution in [0.2, 0.25) is 0 Å². The van der Waals surface area contributed by atoms with E-state index < -0.39 is 0 Å². The molecule has 4 nitrogen and oxygen atoms in total. The second-order valence-electron chi connectivity index (χ2n) is 4.94. The summed E-state index contributed by atoms with van der Waals surface area (Å²) in [6.07, 6.45) is 1.90. The van der Waals surface area contributed by atoms with Gasteiger partial charge in [-0.05, 0) is 44.0 Å². The van der Waals surface area contributed by atoms with Crippen LogP contribution < -0.4 is 10.1 Å². The Kier molecular flexibility index (Phi) is 5.14. The molecule has 1 aromatic carbocycles. The quantitative estimate of drug-likeness (QED) is 0.876. The summed E-state index contributed by atoms with van der Waals surface area (Å²) in [5, 5.41) is 3.14. The Bertz CT molecular complexity index is 568. The molecule has 0 aliphatic heterocycles. The highest BCUT2D eigenvalue weighted by molar-refractivity contribution is 5.60. The van der Waals surface area contributed by atoms with Gasteiger partial charge in [0, 0.05) is 23.9 Å². The summed E-state index contributed by atoms with van der Waals surface area (Å²) in [5.74, 6) is 2.53. The van der Waals surface area contributed by atoms with Crippen LogP contribution in [0.1, 0.15) is 31.5 Å². The molecule has 0 aliphatic carbocycles. The monoisotopic (exact) mass is 285 g/mol. The molecule has 0 bridgehead atoms. The van der Waals surface area contributed by atoms with Crippen LogP contribution in [0.4, 0.5) is 5.82 Å². The summed E-state index contributed by atoms with van der Waals surface area (Å²) in [4.78, 5) is 9.27. The van der Waals surface area contributed by atoms with Crippen molar-refractivity contribution in [2.24, 2.45) is 0 Å². The molecule has 4 heteroatoms. The van der Waals surface area contributed by atoms with E-state index in [0.29, 0.717) is 0 Å². The molecule has 0 unspecified atom stereocenters. The molecule has 21 heavy (non-hydrogen) atoms. The lowest BCUT2D eigenvalue weighted by Gasteiger charge is -2.11. The lowest BCUT2D eigenvalue weighted by atomic mass is 10.1. The molecule has 112 valence electrons. The lowest BCUT2D eigenvalue weighted by molar-refractivity contribution is 0.317. The van der Waals surface area contributed by atoms with E-state index in [9.17, 15) is 0 Å². The zero-order valence-corrected chi connectivity index (χ0v) is 13.2. The molecule has 1 heterocycles. The van der Waals surface area contributed by atoms with Crippen LogP contribution in [0, 0.1) is 6.92 Å². The summed E-state index contributed by atoms with van der Waals surface area (Å²) in [6.45, 7) is 7.00. The highest BCUT2D eigenvalue weighted by atomic mass is 16.5. The van der Waals surface area contributed by atoms with E-state index in [0.717, 1.165) is 53.7 Å². The van der Waals surface area contributed by atoms with Crippen LogP contribution in [-0.2, 0) is 6.42 Å². The van der Waals surface area contributed by atoms with Gasteiger partial charge in [-0.2, -0.15) is 0 Å². The van der Waals surface area contributed by atoms with Crippen molar-refractivity contribution in [3.05, 3.63) is 35.5 Å². The molecule has 0 amide bonds. The lowest BCUT2D eigenvalue weighted by Crippen LogP contribution is -2.04. The van der Waals surface area contributed by atoms with Gasteiger partial charge in [0.05, 0.1) is 6.61 Å². The third kappa shape index (κ3) is 3.51. The van der Waals surface area contributed by atoms with Crippen LogP contribution >= 0.6 is 0 Å². The first-order valence-corrected chi connectivity index (χ1v) is 7.48. The molecule has 2 rings (SSSR count). The van der Waals surface area contributed by atoms with Crippen LogP contribution in [0.5, 0.6) is 5.75 Å². The van der Waals surface area contributed by atoms with Crippen LogP contribution in [0.15, 0.2) is 24.3 Å². The summed E-state index contributed by atoms with van der Waals surface area (Å²) in [7, 11) is 1.89. The van der Waals surface area contributed by atoms with Crippen molar-refractivity contribution in [2.45, 2.75) is 33.6 Å². The molecule has 2 aromatic rings. The van der Waals surface area contributed by atoms with Gasteiger partial charge < -0.3 is 10.1 Å². The van der Waals surface area contributed by atoms with Crippen molar-refractivity contribution < 1.29 is 4.74 Å². The SMILES string of the molecule is CCCOc1ccc(-c2nc(CC)c(C)c(NC)n2)cc1. The minimum absolute atomic E-state index is 0.740. The van der Waals surface area contributed by atoms with Crippen LogP contribution in [0.3, 0.4) is 0 Å². The minimum Gasteiger partial charge on any atom is -0.494 e. The van der Waals surface area contributed by atoms with Crippen molar-refractivity contribution >= 4 is 5.82 Å². The summed E-state index contributed by atoms with van der Waals surface area (Å²) in [6, 6.07) is 7.96. The largest absolute Gasteiger partial charge is 0.494 e. The van der Waals surface area contributed by atoms with Crippen molar-refractivity contribution in [2.75, 3.05) is 19.0 Å². The highest BCUT2D eigenvalue weighted by Crippen LogP contribution is 2.24. The highest BCUT2D eigenvalue weighted by Gasteiger charge is 2.10. The molecule has 0 spiro atoms. The van der Waals surface area contributed by atoms with Gasteiger partial charge in [-0.3, -0.25) is 0 Å². The fraction of sp³-hybridized carbons (Fsp3) is 0.412. The van der Waals surface area contributed by atoms with E-state index in [1.54, 1.807) is 0 Å². The van der Waals surface area contributed by atoms with Gasteiger partial charge in [0.2, 0.25) is 0 Å². The Morgan fingerprint density at radius 3 is 2.38 bits per heavy atom. The van der Waals surface area contributed by atoms with E-state index in [4.69, 9.17) is 4.74 Å². The molecule has 0 radical (unpaired) electrons. The van der Waals surface area contributed by atoms with E-state index >= 15 is 0 Å². The first-order valence-electron chi connectivity index (χ1n) is 7.48. The number of aryl methyl sites for hydroxylation is 1. The Hall–Kier alpha value is -2.10. The number of anilines is 1. The Morgan fingerprint density at radius 1 is 1.10 bits per heavy atom. The average molecular weight is 285 g/mol. The average Bonchev–Trinajstić information content (AvgIpc) is 2.53.